The topological polar surface area (TPSA) is 60.4 Å². The van der Waals surface area contributed by atoms with Crippen LogP contribution in [0.1, 0.15) is 18.4 Å². The molecule has 0 spiro atoms. The van der Waals surface area contributed by atoms with E-state index in [2.05, 4.69) is 9.89 Å². The molecule has 2 aliphatic rings. The molecule has 1 fully saturated rings. The van der Waals surface area contributed by atoms with Crippen molar-refractivity contribution in [2.24, 2.45) is 4.99 Å². The number of carbonyl (C=O) groups is 1. The Morgan fingerprint density at radius 1 is 1.08 bits per heavy atom. The zero-order chi connectivity index (χ0) is 17.1. The van der Waals surface area contributed by atoms with Crippen LogP contribution < -0.4 is 14.2 Å². The first-order valence-corrected chi connectivity index (χ1v) is 8.56. The molecule has 1 aromatic rings. The van der Waals surface area contributed by atoms with Gasteiger partial charge in [-0.05, 0) is 42.8 Å². The Hall–Kier alpha value is -2.15. The fourth-order valence-corrected chi connectivity index (χ4v) is 3.78. The molecule has 0 saturated carbocycles. The van der Waals surface area contributed by atoms with Crippen LogP contribution in [-0.4, -0.2) is 50.4 Å². The molecule has 0 aliphatic carbocycles. The highest BCUT2D eigenvalue weighted by atomic mass is 32.2. The fraction of sp³-hybridized carbons (Fsp3) is 0.412. The number of hydrogen-bond donors (Lipinski definition) is 0. The molecule has 24 heavy (non-hydrogen) atoms. The Balaban J connectivity index is 1.90. The Morgan fingerprint density at radius 2 is 1.79 bits per heavy atom. The van der Waals surface area contributed by atoms with Gasteiger partial charge in [0.2, 0.25) is 5.75 Å². The summed E-state index contributed by atoms with van der Waals surface area (Å²) in [4.78, 5) is 19.2. The molecule has 2 aliphatic heterocycles. The Kier molecular flexibility index (Phi) is 4.99. The number of hydrogen-bond acceptors (Lipinski definition) is 6. The van der Waals surface area contributed by atoms with Crippen LogP contribution in [0.5, 0.6) is 17.2 Å². The summed E-state index contributed by atoms with van der Waals surface area (Å²) in [7, 11) is 4.69. The standard InChI is InChI=1S/C17H20N2O4S/c1-21-12-7-6-11(14(22-2)15(12)23-3)10-13-16(20)18-17(24-13)19-8-4-5-9-19/h6-7,10H,4-5,8-9H2,1-3H3/b13-10-. The summed E-state index contributed by atoms with van der Waals surface area (Å²) in [6.07, 6.45) is 4.09. The third kappa shape index (κ3) is 3.08. The second-order valence-corrected chi connectivity index (χ2v) is 6.44. The molecule has 1 amide bonds. The monoisotopic (exact) mass is 348 g/mol. The number of likely N-dealkylation sites (tertiary alicyclic amines) is 1. The van der Waals surface area contributed by atoms with E-state index in [-0.39, 0.29) is 5.91 Å². The number of amidine groups is 1. The van der Waals surface area contributed by atoms with Crippen LogP contribution in [0.3, 0.4) is 0 Å². The van der Waals surface area contributed by atoms with Crippen LogP contribution in [0.4, 0.5) is 0 Å². The predicted molar refractivity (Wildman–Crippen MR) is 94.9 cm³/mol. The lowest BCUT2D eigenvalue weighted by Gasteiger charge is -2.15. The van der Waals surface area contributed by atoms with Gasteiger partial charge in [0.15, 0.2) is 16.7 Å². The Bertz CT molecular complexity index is 709. The number of benzene rings is 1. The summed E-state index contributed by atoms with van der Waals surface area (Å²) in [5.74, 6) is 1.41. The summed E-state index contributed by atoms with van der Waals surface area (Å²) in [5, 5.41) is 0.795. The summed E-state index contributed by atoms with van der Waals surface area (Å²) in [6.45, 7) is 1.93. The van der Waals surface area contributed by atoms with E-state index in [4.69, 9.17) is 14.2 Å². The molecule has 2 heterocycles. The zero-order valence-corrected chi connectivity index (χ0v) is 14.8. The normalized spacial score (nSPS) is 19.0. The van der Waals surface area contributed by atoms with Crippen molar-refractivity contribution in [2.75, 3.05) is 34.4 Å². The van der Waals surface area contributed by atoms with Gasteiger partial charge in [-0.15, -0.1) is 0 Å². The van der Waals surface area contributed by atoms with E-state index in [1.165, 1.54) is 11.8 Å². The minimum atomic E-state index is -0.210. The Labute approximate surface area is 145 Å². The molecule has 7 heteroatoms. The van der Waals surface area contributed by atoms with Crippen LogP contribution >= 0.6 is 11.8 Å². The van der Waals surface area contributed by atoms with Gasteiger partial charge in [0.25, 0.3) is 5.91 Å². The number of aliphatic imine (C=N–C) groups is 1. The van der Waals surface area contributed by atoms with Gasteiger partial charge < -0.3 is 19.1 Å². The van der Waals surface area contributed by atoms with Crippen LogP contribution in [0.15, 0.2) is 22.0 Å². The average molecular weight is 348 g/mol. The molecule has 1 aromatic carbocycles. The summed E-state index contributed by atoms with van der Waals surface area (Å²) >= 11 is 1.41. The smallest absolute Gasteiger partial charge is 0.286 e. The minimum Gasteiger partial charge on any atom is -0.493 e. The first-order chi connectivity index (χ1) is 11.7. The number of methoxy groups -OCH3 is 3. The van der Waals surface area contributed by atoms with Crippen molar-refractivity contribution in [2.45, 2.75) is 12.8 Å². The first-order valence-electron chi connectivity index (χ1n) is 7.74. The Morgan fingerprint density at radius 3 is 2.42 bits per heavy atom. The van der Waals surface area contributed by atoms with Crippen molar-refractivity contribution in [1.82, 2.24) is 4.90 Å². The largest absolute Gasteiger partial charge is 0.493 e. The first kappa shape index (κ1) is 16.7. The lowest BCUT2D eigenvalue weighted by Crippen LogP contribution is -2.23. The third-order valence-corrected chi connectivity index (χ3v) is 5.05. The molecule has 0 N–H and O–H groups in total. The molecular weight excluding hydrogens is 328 g/mol. The van der Waals surface area contributed by atoms with Gasteiger partial charge in [-0.1, -0.05) is 0 Å². The van der Waals surface area contributed by atoms with E-state index in [1.54, 1.807) is 33.5 Å². The van der Waals surface area contributed by atoms with Crippen molar-refractivity contribution in [3.8, 4) is 17.2 Å². The second-order valence-electron chi connectivity index (χ2n) is 5.43. The summed E-state index contributed by atoms with van der Waals surface area (Å²) < 4.78 is 16.1. The van der Waals surface area contributed by atoms with Gasteiger partial charge in [0.05, 0.1) is 26.2 Å². The van der Waals surface area contributed by atoms with Crippen LogP contribution in [0, 0.1) is 0 Å². The third-order valence-electron chi connectivity index (χ3n) is 4.01. The highest BCUT2D eigenvalue weighted by molar-refractivity contribution is 8.18. The van der Waals surface area contributed by atoms with Gasteiger partial charge in [-0.25, -0.2) is 0 Å². The van der Waals surface area contributed by atoms with E-state index >= 15 is 0 Å². The van der Waals surface area contributed by atoms with E-state index < -0.39 is 0 Å². The number of amides is 1. The fourth-order valence-electron chi connectivity index (χ4n) is 2.82. The van der Waals surface area contributed by atoms with Crippen molar-refractivity contribution in [3.63, 3.8) is 0 Å². The van der Waals surface area contributed by atoms with Crippen LogP contribution in [0.25, 0.3) is 6.08 Å². The summed E-state index contributed by atoms with van der Waals surface area (Å²) in [6, 6.07) is 3.63. The average Bonchev–Trinajstić information content (AvgIpc) is 3.24. The molecule has 0 radical (unpaired) electrons. The molecular formula is C17H20N2O4S. The van der Waals surface area contributed by atoms with Gasteiger partial charge in [0, 0.05) is 18.7 Å². The van der Waals surface area contributed by atoms with E-state index in [0.717, 1.165) is 36.7 Å². The number of carbonyl (C=O) groups excluding carboxylic acids is 1. The number of thioether (sulfide) groups is 1. The second kappa shape index (κ2) is 7.17. The van der Waals surface area contributed by atoms with E-state index in [0.29, 0.717) is 22.2 Å². The number of rotatable bonds is 4. The molecule has 0 atom stereocenters. The highest BCUT2D eigenvalue weighted by Gasteiger charge is 2.28. The molecule has 0 unspecified atom stereocenters. The van der Waals surface area contributed by atoms with Gasteiger partial charge >= 0.3 is 0 Å². The van der Waals surface area contributed by atoms with Crippen molar-refractivity contribution < 1.29 is 19.0 Å². The maximum Gasteiger partial charge on any atom is 0.286 e. The van der Waals surface area contributed by atoms with Crippen molar-refractivity contribution in [1.29, 1.82) is 0 Å². The molecule has 1 saturated heterocycles. The quantitative estimate of drug-likeness (QED) is 0.780. The molecule has 3 rings (SSSR count). The van der Waals surface area contributed by atoms with Crippen LogP contribution in [0.2, 0.25) is 0 Å². The van der Waals surface area contributed by atoms with Crippen molar-refractivity contribution >= 4 is 28.9 Å². The zero-order valence-electron chi connectivity index (χ0n) is 14.0. The van der Waals surface area contributed by atoms with Gasteiger partial charge in [0.1, 0.15) is 0 Å². The lowest BCUT2D eigenvalue weighted by atomic mass is 10.1. The van der Waals surface area contributed by atoms with Crippen molar-refractivity contribution in [3.05, 3.63) is 22.6 Å². The van der Waals surface area contributed by atoms with E-state index in [1.807, 2.05) is 6.07 Å². The van der Waals surface area contributed by atoms with Crippen LogP contribution in [-0.2, 0) is 4.79 Å². The molecule has 128 valence electrons. The van der Waals surface area contributed by atoms with Gasteiger partial charge in [-0.3, -0.25) is 4.79 Å². The predicted octanol–water partition coefficient (Wildman–Crippen LogP) is 2.78. The SMILES string of the molecule is COc1ccc(/C=C2\SC(N3CCCC3)=NC2=O)c(OC)c1OC. The summed E-state index contributed by atoms with van der Waals surface area (Å²) in [5.41, 5.74) is 0.754. The van der Waals surface area contributed by atoms with E-state index in [9.17, 15) is 4.79 Å². The number of nitrogens with zero attached hydrogens (tertiary/aromatic N) is 2. The highest BCUT2D eigenvalue weighted by Crippen LogP contribution is 2.42. The number of ether oxygens (including phenoxy) is 3. The maximum absolute atomic E-state index is 12.2. The molecule has 0 bridgehead atoms. The maximum atomic E-state index is 12.2. The lowest BCUT2D eigenvalue weighted by molar-refractivity contribution is -0.113. The molecule has 0 aromatic heterocycles. The minimum absolute atomic E-state index is 0.210. The molecule has 6 nitrogen and oxygen atoms in total. The van der Waals surface area contributed by atoms with Gasteiger partial charge in [-0.2, -0.15) is 4.99 Å².